The fourth-order valence-corrected chi connectivity index (χ4v) is 3.60. The van der Waals surface area contributed by atoms with Crippen molar-refractivity contribution in [3.8, 4) is 11.5 Å². The zero-order valence-corrected chi connectivity index (χ0v) is 16.9. The number of nitrogens with zero attached hydrogens (tertiary/aromatic N) is 1. The molecule has 5 nitrogen and oxygen atoms in total. The standard InChI is InChI=1S/C23H30N2O3/c1-27-21-13-7-18(17-22(21)28-2)8-14-23(26)24-19-9-11-20(12-10-19)25-15-5-3-4-6-16-25/h7,9-13,17H,3-6,8,14-16H2,1-2H3,(H,24,26). The Morgan fingerprint density at radius 3 is 2.25 bits per heavy atom. The van der Waals surface area contributed by atoms with E-state index < -0.39 is 0 Å². The van der Waals surface area contributed by atoms with Gasteiger partial charge >= 0.3 is 0 Å². The quantitative estimate of drug-likeness (QED) is 0.757. The van der Waals surface area contributed by atoms with Gasteiger partial charge in [-0.15, -0.1) is 0 Å². The van der Waals surface area contributed by atoms with Gasteiger partial charge in [-0.3, -0.25) is 4.79 Å². The van der Waals surface area contributed by atoms with Crippen LogP contribution in [0.15, 0.2) is 42.5 Å². The molecular formula is C23H30N2O3. The van der Waals surface area contributed by atoms with Gasteiger partial charge in [-0.25, -0.2) is 0 Å². The lowest BCUT2D eigenvalue weighted by atomic mass is 10.1. The maximum Gasteiger partial charge on any atom is 0.224 e. The number of benzene rings is 2. The minimum absolute atomic E-state index is 0.0114. The molecule has 1 aliphatic rings. The average molecular weight is 383 g/mol. The summed E-state index contributed by atoms with van der Waals surface area (Å²) in [5, 5.41) is 2.99. The number of carbonyl (C=O) groups excluding carboxylic acids is 1. The Morgan fingerprint density at radius 1 is 0.929 bits per heavy atom. The maximum absolute atomic E-state index is 12.3. The lowest BCUT2D eigenvalue weighted by molar-refractivity contribution is -0.116. The van der Waals surface area contributed by atoms with E-state index in [0.717, 1.165) is 24.3 Å². The van der Waals surface area contributed by atoms with Crippen molar-refractivity contribution in [3.63, 3.8) is 0 Å². The second kappa shape index (κ2) is 10.0. The van der Waals surface area contributed by atoms with Gasteiger partial charge in [-0.05, 0) is 61.2 Å². The third-order valence-electron chi connectivity index (χ3n) is 5.21. The van der Waals surface area contributed by atoms with Crippen molar-refractivity contribution in [3.05, 3.63) is 48.0 Å². The maximum atomic E-state index is 12.3. The molecule has 3 rings (SSSR count). The van der Waals surface area contributed by atoms with Crippen molar-refractivity contribution < 1.29 is 14.3 Å². The molecule has 150 valence electrons. The van der Waals surface area contributed by atoms with E-state index in [1.807, 2.05) is 30.3 Å². The summed E-state index contributed by atoms with van der Waals surface area (Å²) in [6.45, 7) is 2.24. The molecule has 2 aromatic carbocycles. The van der Waals surface area contributed by atoms with Gasteiger partial charge in [0.05, 0.1) is 14.2 Å². The Kier molecular flexibility index (Phi) is 7.18. The number of amides is 1. The van der Waals surface area contributed by atoms with E-state index in [1.165, 1.54) is 31.4 Å². The predicted octanol–water partition coefficient (Wildman–Crippen LogP) is 4.66. The Hall–Kier alpha value is -2.69. The van der Waals surface area contributed by atoms with Crippen molar-refractivity contribution in [2.24, 2.45) is 0 Å². The lowest BCUT2D eigenvalue weighted by Gasteiger charge is -2.22. The molecule has 0 spiro atoms. The molecule has 1 heterocycles. The van der Waals surface area contributed by atoms with E-state index in [0.29, 0.717) is 24.3 Å². The van der Waals surface area contributed by atoms with Gasteiger partial charge in [0.15, 0.2) is 11.5 Å². The summed E-state index contributed by atoms with van der Waals surface area (Å²) in [6, 6.07) is 14.0. The van der Waals surface area contributed by atoms with Crippen LogP contribution in [0.4, 0.5) is 11.4 Å². The summed E-state index contributed by atoms with van der Waals surface area (Å²) >= 11 is 0. The number of anilines is 2. The number of hydrogen-bond donors (Lipinski definition) is 1. The van der Waals surface area contributed by atoms with E-state index in [2.05, 4.69) is 22.3 Å². The van der Waals surface area contributed by atoms with Crippen molar-refractivity contribution in [2.75, 3.05) is 37.5 Å². The molecule has 2 aromatic rings. The topological polar surface area (TPSA) is 50.8 Å². The zero-order valence-electron chi connectivity index (χ0n) is 16.9. The Bertz CT molecular complexity index is 766. The van der Waals surface area contributed by atoms with Crippen molar-refractivity contribution in [2.45, 2.75) is 38.5 Å². The van der Waals surface area contributed by atoms with Crippen LogP contribution in [0.5, 0.6) is 11.5 Å². The molecule has 28 heavy (non-hydrogen) atoms. The highest BCUT2D eigenvalue weighted by atomic mass is 16.5. The summed E-state index contributed by atoms with van der Waals surface area (Å²) < 4.78 is 10.6. The van der Waals surface area contributed by atoms with E-state index in [9.17, 15) is 4.79 Å². The Balaban J connectivity index is 1.52. The van der Waals surface area contributed by atoms with Gasteiger partial charge in [-0.1, -0.05) is 18.9 Å². The number of carbonyl (C=O) groups is 1. The largest absolute Gasteiger partial charge is 0.493 e. The van der Waals surface area contributed by atoms with Gasteiger partial charge in [0, 0.05) is 30.9 Å². The third kappa shape index (κ3) is 5.41. The molecule has 0 aromatic heterocycles. The first-order chi connectivity index (χ1) is 13.7. The van der Waals surface area contributed by atoms with E-state index in [4.69, 9.17) is 9.47 Å². The first-order valence-electron chi connectivity index (χ1n) is 10.1. The SMILES string of the molecule is COc1ccc(CCC(=O)Nc2ccc(N3CCCCCC3)cc2)cc1OC. The van der Waals surface area contributed by atoms with Crippen LogP contribution >= 0.6 is 0 Å². The summed E-state index contributed by atoms with van der Waals surface area (Å²) in [4.78, 5) is 14.8. The Morgan fingerprint density at radius 2 is 1.61 bits per heavy atom. The molecule has 0 bridgehead atoms. The second-order valence-corrected chi connectivity index (χ2v) is 7.19. The molecule has 0 saturated carbocycles. The summed E-state index contributed by atoms with van der Waals surface area (Å²) in [5.74, 6) is 1.39. The molecule has 1 aliphatic heterocycles. The van der Waals surface area contributed by atoms with Crippen LogP contribution in [0.2, 0.25) is 0 Å². The summed E-state index contributed by atoms with van der Waals surface area (Å²) in [7, 11) is 3.23. The number of ether oxygens (including phenoxy) is 2. The fraction of sp³-hybridized carbons (Fsp3) is 0.435. The highest BCUT2D eigenvalue weighted by Crippen LogP contribution is 2.28. The molecular weight excluding hydrogens is 352 g/mol. The molecule has 1 saturated heterocycles. The minimum atomic E-state index is 0.0114. The minimum Gasteiger partial charge on any atom is -0.493 e. The second-order valence-electron chi connectivity index (χ2n) is 7.19. The molecule has 1 amide bonds. The average Bonchev–Trinajstić information content (AvgIpc) is 3.02. The highest BCUT2D eigenvalue weighted by Gasteiger charge is 2.11. The first kappa shape index (κ1) is 20.1. The van der Waals surface area contributed by atoms with Crippen molar-refractivity contribution in [1.29, 1.82) is 0 Å². The molecule has 5 heteroatoms. The number of rotatable bonds is 7. The summed E-state index contributed by atoms with van der Waals surface area (Å²) in [5.41, 5.74) is 3.13. The van der Waals surface area contributed by atoms with Crippen LogP contribution in [0, 0.1) is 0 Å². The van der Waals surface area contributed by atoms with Gasteiger partial charge in [0.2, 0.25) is 5.91 Å². The molecule has 0 atom stereocenters. The van der Waals surface area contributed by atoms with E-state index in [-0.39, 0.29) is 5.91 Å². The normalized spacial score (nSPS) is 14.3. The van der Waals surface area contributed by atoms with Crippen LogP contribution in [-0.4, -0.2) is 33.2 Å². The van der Waals surface area contributed by atoms with Gasteiger partial charge in [0.1, 0.15) is 0 Å². The number of hydrogen-bond acceptors (Lipinski definition) is 4. The number of methoxy groups -OCH3 is 2. The van der Waals surface area contributed by atoms with Crippen LogP contribution in [-0.2, 0) is 11.2 Å². The van der Waals surface area contributed by atoms with Crippen LogP contribution in [0.1, 0.15) is 37.7 Å². The van der Waals surface area contributed by atoms with Crippen molar-refractivity contribution >= 4 is 17.3 Å². The Labute approximate surface area is 167 Å². The van der Waals surface area contributed by atoms with Gasteiger partial charge in [-0.2, -0.15) is 0 Å². The van der Waals surface area contributed by atoms with Crippen LogP contribution < -0.4 is 19.7 Å². The van der Waals surface area contributed by atoms with E-state index >= 15 is 0 Å². The molecule has 0 unspecified atom stereocenters. The van der Waals surface area contributed by atoms with Crippen LogP contribution in [0.25, 0.3) is 0 Å². The van der Waals surface area contributed by atoms with Crippen LogP contribution in [0.3, 0.4) is 0 Å². The summed E-state index contributed by atoms with van der Waals surface area (Å²) in [6.07, 6.45) is 6.24. The third-order valence-corrected chi connectivity index (χ3v) is 5.21. The predicted molar refractivity (Wildman–Crippen MR) is 114 cm³/mol. The molecule has 1 fully saturated rings. The monoisotopic (exact) mass is 382 g/mol. The first-order valence-corrected chi connectivity index (χ1v) is 10.1. The molecule has 1 N–H and O–H groups in total. The van der Waals surface area contributed by atoms with Gasteiger partial charge < -0.3 is 19.7 Å². The van der Waals surface area contributed by atoms with Crippen molar-refractivity contribution in [1.82, 2.24) is 0 Å². The lowest BCUT2D eigenvalue weighted by Crippen LogP contribution is -2.23. The highest BCUT2D eigenvalue weighted by molar-refractivity contribution is 5.91. The number of nitrogens with one attached hydrogen (secondary N) is 1. The van der Waals surface area contributed by atoms with E-state index in [1.54, 1.807) is 14.2 Å². The zero-order chi connectivity index (χ0) is 19.8. The fourth-order valence-electron chi connectivity index (χ4n) is 3.60. The molecule has 0 radical (unpaired) electrons. The smallest absolute Gasteiger partial charge is 0.224 e. The number of aryl methyl sites for hydroxylation is 1. The molecule has 0 aliphatic carbocycles. The van der Waals surface area contributed by atoms with Gasteiger partial charge in [0.25, 0.3) is 0 Å².